The molecule has 2 aromatic rings. The van der Waals surface area contributed by atoms with Gasteiger partial charge in [-0.25, -0.2) is 13.1 Å². The van der Waals surface area contributed by atoms with Crippen LogP contribution in [0.5, 0.6) is 0 Å². The number of rotatable bonds is 6. The van der Waals surface area contributed by atoms with Crippen molar-refractivity contribution in [2.75, 3.05) is 12.4 Å². The molecule has 20 heavy (non-hydrogen) atoms. The normalized spacial score (nSPS) is 13.1. The highest BCUT2D eigenvalue weighted by molar-refractivity contribution is 7.89. The molecule has 0 saturated carbocycles. The molecule has 0 bridgehead atoms. The van der Waals surface area contributed by atoms with Crippen LogP contribution in [0.15, 0.2) is 52.0 Å². The second kappa shape index (κ2) is 6.11. The average Bonchev–Trinajstić information content (AvgIpc) is 2.91. The lowest BCUT2D eigenvalue weighted by molar-refractivity contribution is 0.479. The van der Waals surface area contributed by atoms with Crippen LogP contribution in [0.2, 0.25) is 0 Å². The number of anilines is 1. The molecule has 0 aliphatic rings. The van der Waals surface area contributed by atoms with Crippen molar-refractivity contribution < 1.29 is 12.8 Å². The summed E-state index contributed by atoms with van der Waals surface area (Å²) in [5.74, 6) is 0.755. The van der Waals surface area contributed by atoms with Crippen molar-refractivity contribution >= 4 is 15.7 Å². The number of hydrogen-bond donors (Lipinski definition) is 2. The molecule has 0 saturated heterocycles. The topological polar surface area (TPSA) is 71.3 Å². The molecule has 108 valence electrons. The zero-order valence-electron chi connectivity index (χ0n) is 11.5. The largest absolute Gasteiger partial charge is 0.469 e. The van der Waals surface area contributed by atoms with E-state index in [0.717, 1.165) is 11.4 Å². The predicted octanol–water partition coefficient (Wildman–Crippen LogP) is 2.23. The third kappa shape index (κ3) is 3.61. The first-order chi connectivity index (χ1) is 9.51. The summed E-state index contributed by atoms with van der Waals surface area (Å²) >= 11 is 0. The summed E-state index contributed by atoms with van der Waals surface area (Å²) in [5, 5.41) is 2.95. The van der Waals surface area contributed by atoms with E-state index in [-0.39, 0.29) is 10.9 Å². The van der Waals surface area contributed by atoms with Gasteiger partial charge in [0.1, 0.15) is 5.76 Å². The summed E-state index contributed by atoms with van der Waals surface area (Å²) in [6.07, 6.45) is 2.09. The molecule has 0 aliphatic carbocycles. The molecular weight excluding hydrogens is 276 g/mol. The Morgan fingerprint density at radius 1 is 1.20 bits per heavy atom. The molecular formula is C14H18N2O3S. The van der Waals surface area contributed by atoms with Gasteiger partial charge < -0.3 is 9.73 Å². The smallest absolute Gasteiger partial charge is 0.240 e. The maximum atomic E-state index is 12.2. The van der Waals surface area contributed by atoms with E-state index in [1.54, 1.807) is 43.6 Å². The van der Waals surface area contributed by atoms with Gasteiger partial charge in [-0.1, -0.05) is 0 Å². The third-order valence-electron chi connectivity index (χ3n) is 2.90. The van der Waals surface area contributed by atoms with E-state index in [1.165, 1.54) is 0 Å². The fraction of sp³-hybridized carbons (Fsp3) is 0.286. The Hall–Kier alpha value is -1.79. The second-order valence-electron chi connectivity index (χ2n) is 4.58. The third-order valence-corrected chi connectivity index (χ3v) is 4.50. The maximum absolute atomic E-state index is 12.2. The molecule has 0 spiro atoms. The lowest BCUT2D eigenvalue weighted by Crippen LogP contribution is -2.34. The summed E-state index contributed by atoms with van der Waals surface area (Å²) in [6, 6.07) is 9.98. The number of benzene rings is 1. The summed E-state index contributed by atoms with van der Waals surface area (Å²) < 4.78 is 32.3. The zero-order valence-corrected chi connectivity index (χ0v) is 12.3. The van der Waals surface area contributed by atoms with Gasteiger partial charge in [0, 0.05) is 25.2 Å². The van der Waals surface area contributed by atoms with Gasteiger partial charge in [0.25, 0.3) is 0 Å². The first-order valence-electron chi connectivity index (χ1n) is 6.34. The maximum Gasteiger partial charge on any atom is 0.240 e. The highest BCUT2D eigenvalue weighted by Crippen LogP contribution is 2.14. The Balaban J connectivity index is 2.05. The molecule has 2 N–H and O–H groups in total. The highest BCUT2D eigenvalue weighted by atomic mass is 32.2. The Morgan fingerprint density at radius 2 is 1.90 bits per heavy atom. The van der Waals surface area contributed by atoms with Crippen LogP contribution in [0.1, 0.15) is 12.7 Å². The Bertz CT molecular complexity index is 634. The van der Waals surface area contributed by atoms with Crippen LogP contribution in [0.3, 0.4) is 0 Å². The molecule has 1 heterocycles. The van der Waals surface area contributed by atoms with Crippen molar-refractivity contribution in [3.05, 3.63) is 48.4 Å². The molecule has 0 fully saturated rings. The van der Waals surface area contributed by atoms with Crippen molar-refractivity contribution in [2.24, 2.45) is 0 Å². The Morgan fingerprint density at radius 3 is 2.45 bits per heavy atom. The lowest BCUT2D eigenvalue weighted by Gasteiger charge is -2.13. The lowest BCUT2D eigenvalue weighted by atomic mass is 10.2. The Labute approximate surface area is 119 Å². The summed E-state index contributed by atoms with van der Waals surface area (Å²) in [4.78, 5) is 0.253. The van der Waals surface area contributed by atoms with E-state index < -0.39 is 10.0 Å². The summed E-state index contributed by atoms with van der Waals surface area (Å²) in [7, 11) is -1.72. The molecule has 1 unspecified atom stereocenters. The van der Waals surface area contributed by atoms with Gasteiger partial charge in [-0.3, -0.25) is 0 Å². The molecule has 1 aromatic heterocycles. The standard InChI is InChI=1S/C14H18N2O3S/c1-11(10-13-4-3-9-19-13)16-20(17,18)14-7-5-12(15-2)6-8-14/h3-9,11,15-16H,10H2,1-2H3. The number of hydrogen-bond acceptors (Lipinski definition) is 4. The van der Waals surface area contributed by atoms with E-state index >= 15 is 0 Å². The van der Waals surface area contributed by atoms with Gasteiger partial charge in [0.15, 0.2) is 0 Å². The molecule has 6 heteroatoms. The summed E-state index contributed by atoms with van der Waals surface area (Å²) in [6.45, 7) is 1.81. The first kappa shape index (κ1) is 14.6. The van der Waals surface area contributed by atoms with Crippen molar-refractivity contribution in [1.82, 2.24) is 4.72 Å². The molecule has 2 rings (SSSR count). The molecule has 1 atom stereocenters. The van der Waals surface area contributed by atoms with Gasteiger partial charge in [-0.05, 0) is 43.3 Å². The van der Waals surface area contributed by atoms with E-state index in [1.807, 2.05) is 13.0 Å². The number of nitrogens with one attached hydrogen (secondary N) is 2. The predicted molar refractivity (Wildman–Crippen MR) is 78.2 cm³/mol. The number of furan rings is 1. The van der Waals surface area contributed by atoms with Crippen molar-refractivity contribution in [3.8, 4) is 0 Å². The minimum atomic E-state index is -3.51. The molecule has 1 aromatic carbocycles. The average molecular weight is 294 g/mol. The SMILES string of the molecule is CNc1ccc(S(=O)(=O)NC(C)Cc2ccco2)cc1. The minimum absolute atomic E-state index is 0.241. The second-order valence-corrected chi connectivity index (χ2v) is 6.29. The van der Waals surface area contributed by atoms with E-state index in [0.29, 0.717) is 6.42 Å². The molecule has 0 aliphatic heterocycles. The van der Waals surface area contributed by atoms with Crippen molar-refractivity contribution in [3.63, 3.8) is 0 Å². The minimum Gasteiger partial charge on any atom is -0.469 e. The van der Waals surface area contributed by atoms with Gasteiger partial charge >= 0.3 is 0 Å². The summed E-state index contributed by atoms with van der Waals surface area (Å²) in [5.41, 5.74) is 0.868. The first-order valence-corrected chi connectivity index (χ1v) is 7.82. The van der Waals surface area contributed by atoms with E-state index in [2.05, 4.69) is 10.0 Å². The van der Waals surface area contributed by atoms with E-state index in [9.17, 15) is 8.42 Å². The van der Waals surface area contributed by atoms with Crippen molar-refractivity contribution in [2.45, 2.75) is 24.3 Å². The fourth-order valence-electron chi connectivity index (χ4n) is 1.91. The molecule has 0 radical (unpaired) electrons. The van der Waals surface area contributed by atoms with Gasteiger partial charge in [-0.2, -0.15) is 0 Å². The number of sulfonamides is 1. The Kier molecular flexibility index (Phi) is 4.46. The van der Waals surface area contributed by atoms with Crippen LogP contribution in [0.4, 0.5) is 5.69 Å². The fourth-order valence-corrected chi connectivity index (χ4v) is 3.15. The van der Waals surface area contributed by atoms with E-state index in [4.69, 9.17) is 4.42 Å². The molecule has 5 nitrogen and oxygen atoms in total. The van der Waals surface area contributed by atoms with Gasteiger partial charge in [-0.15, -0.1) is 0 Å². The van der Waals surface area contributed by atoms with Gasteiger partial charge in [0.2, 0.25) is 10.0 Å². The van der Waals surface area contributed by atoms with Crippen LogP contribution in [-0.2, 0) is 16.4 Å². The van der Waals surface area contributed by atoms with Gasteiger partial charge in [0.05, 0.1) is 11.2 Å². The zero-order chi connectivity index (χ0) is 14.6. The quantitative estimate of drug-likeness (QED) is 0.857. The highest BCUT2D eigenvalue weighted by Gasteiger charge is 2.18. The van der Waals surface area contributed by atoms with Crippen LogP contribution < -0.4 is 10.0 Å². The molecule has 0 amide bonds. The van der Waals surface area contributed by atoms with Crippen LogP contribution in [-0.4, -0.2) is 21.5 Å². The van der Waals surface area contributed by atoms with Crippen LogP contribution >= 0.6 is 0 Å². The monoisotopic (exact) mass is 294 g/mol. The van der Waals surface area contributed by atoms with Crippen molar-refractivity contribution in [1.29, 1.82) is 0 Å². The van der Waals surface area contributed by atoms with Crippen LogP contribution in [0, 0.1) is 0 Å². The van der Waals surface area contributed by atoms with Crippen LogP contribution in [0.25, 0.3) is 0 Å².